The Bertz CT molecular complexity index is 558. The predicted octanol–water partition coefficient (Wildman–Crippen LogP) is 3.43. The van der Waals surface area contributed by atoms with Gasteiger partial charge in [-0.05, 0) is 24.3 Å². The standard InChI is InChI=1S/C15H14N2/c16-14-9-4-10-15-13(14)8-5-11-17(15)12-6-2-1-3-7-12/h1-10H,11,16H2. The molecule has 2 nitrogen and oxygen atoms in total. The Hall–Kier alpha value is -2.22. The van der Waals surface area contributed by atoms with E-state index in [4.69, 9.17) is 5.73 Å². The fourth-order valence-corrected chi connectivity index (χ4v) is 2.21. The summed E-state index contributed by atoms with van der Waals surface area (Å²) in [6, 6.07) is 16.4. The average Bonchev–Trinajstić information content (AvgIpc) is 2.40. The first-order valence-corrected chi connectivity index (χ1v) is 5.74. The molecule has 2 heteroatoms. The number of nitrogen functional groups attached to an aromatic ring is 1. The molecular weight excluding hydrogens is 208 g/mol. The molecule has 1 aliphatic rings. The summed E-state index contributed by atoms with van der Waals surface area (Å²) < 4.78 is 0. The number of hydrogen-bond acceptors (Lipinski definition) is 2. The second kappa shape index (κ2) is 3.98. The van der Waals surface area contributed by atoms with Crippen LogP contribution in [-0.2, 0) is 0 Å². The van der Waals surface area contributed by atoms with Gasteiger partial charge in [-0.3, -0.25) is 0 Å². The van der Waals surface area contributed by atoms with Crippen molar-refractivity contribution in [2.45, 2.75) is 0 Å². The Kier molecular flexibility index (Phi) is 2.33. The number of fused-ring (bicyclic) bond motifs is 1. The van der Waals surface area contributed by atoms with Gasteiger partial charge in [0.1, 0.15) is 0 Å². The monoisotopic (exact) mass is 222 g/mol. The maximum atomic E-state index is 6.00. The van der Waals surface area contributed by atoms with Crippen LogP contribution in [0.2, 0.25) is 0 Å². The topological polar surface area (TPSA) is 29.3 Å². The molecule has 0 saturated carbocycles. The van der Waals surface area contributed by atoms with Gasteiger partial charge in [0.05, 0.1) is 5.69 Å². The lowest BCUT2D eigenvalue weighted by Gasteiger charge is -2.28. The molecule has 1 heterocycles. The number of benzene rings is 2. The summed E-state index contributed by atoms with van der Waals surface area (Å²) in [5.41, 5.74) is 10.3. The normalized spacial score (nSPS) is 13.5. The number of rotatable bonds is 1. The third-order valence-electron chi connectivity index (χ3n) is 3.05. The van der Waals surface area contributed by atoms with Crippen molar-refractivity contribution in [3.63, 3.8) is 0 Å². The molecule has 0 amide bonds. The van der Waals surface area contributed by atoms with Crippen LogP contribution in [-0.4, -0.2) is 6.54 Å². The number of hydrogen-bond donors (Lipinski definition) is 1. The summed E-state index contributed by atoms with van der Waals surface area (Å²) in [6.07, 6.45) is 4.25. The van der Waals surface area contributed by atoms with E-state index >= 15 is 0 Å². The van der Waals surface area contributed by atoms with E-state index in [2.05, 4.69) is 47.4 Å². The minimum Gasteiger partial charge on any atom is -0.398 e. The first-order chi connectivity index (χ1) is 8.36. The first-order valence-electron chi connectivity index (χ1n) is 5.74. The van der Waals surface area contributed by atoms with Crippen LogP contribution in [0.3, 0.4) is 0 Å². The predicted molar refractivity (Wildman–Crippen MR) is 73.3 cm³/mol. The van der Waals surface area contributed by atoms with Gasteiger partial charge in [-0.25, -0.2) is 0 Å². The van der Waals surface area contributed by atoms with Crippen molar-refractivity contribution in [3.8, 4) is 0 Å². The Labute approximate surface area is 101 Å². The highest BCUT2D eigenvalue weighted by Crippen LogP contribution is 2.34. The maximum Gasteiger partial charge on any atom is 0.0508 e. The molecule has 17 heavy (non-hydrogen) atoms. The summed E-state index contributed by atoms with van der Waals surface area (Å²) in [6.45, 7) is 0.889. The van der Waals surface area contributed by atoms with Gasteiger partial charge in [-0.1, -0.05) is 36.4 Å². The van der Waals surface area contributed by atoms with Crippen LogP contribution in [0.1, 0.15) is 5.56 Å². The SMILES string of the molecule is Nc1cccc2c1C=CCN2c1ccccc1. The Morgan fingerprint density at radius 2 is 1.76 bits per heavy atom. The third kappa shape index (κ3) is 1.68. The molecule has 0 atom stereocenters. The van der Waals surface area contributed by atoms with Crippen LogP contribution < -0.4 is 10.6 Å². The maximum absolute atomic E-state index is 6.00. The molecule has 0 unspecified atom stereocenters. The number of para-hydroxylation sites is 1. The second-order valence-corrected chi connectivity index (χ2v) is 4.13. The van der Waals surface area contributed by atoms with Crippen molar-refractivity contribution in [2.75, 3.05) is 17.2 Å². The molecule has 2 N–H and O–H groups in total. The van der Waals surface area contributed by atoms with Crippen LogP contribution in [0.5, 0.6) is 0 Å². The summed E-state index contributed by atoms with van der Waals surface area (Å²) >= 11 is 0. The number of nitrogens with zero attached hydrogens (tertiary/aromatic N) is 1. The van der Waals surface area contributed by atoms with Crippen LogP contribution >= 0.6 is 0 Å². The smallest absolute Gasteiger partial charge is 0.0508 e. The molecule has 1 aliphatic heterocycles. The molecule has 2 aromatic rings. The molecule has 0 aromatic heterocycles. The Morgan fingerprint density at radius 3 is 2.59 bits per heavy atom. The van der Waals surface area contributed by atoms with E-state index in [-0.39, 0.29) is 0 Å². The van der Waals surface area contributed by atoms with Gasteiger partial charge in [-0.2, -0.15) is 0 Å². The summed E-state index contributed by atoms with van der Waals surface area (Å²) in [5.74, 6) is 0. The molecule has 0 saturated heterocycles. The van der Waals surface area contributed by atoms with Crippen LogP contribution in [0.25, 0.3) is 6.08 Å². The van der Waals surface area contributed by atoms with E-state index in [9.17, 15) is 0 Å². The highest BCUT2D eigenvalue weighted by Gasteiger charge is 2.15. The van der Waals surface area contributed by atoms with E-state index in [0.29, 0.717) is 0 Å². The lowest BCUT2D eigenvalue weighted by atomic mass is 10.0. The van der Waals surface area contributed by atoms with Gasteiger partial charge in [0.15, 0.2) is 0 Å². The largest absolute Gasteiger partial charge is 0.398 e. The van der Waals surface area contributed by atoms with Crippen molar-refractivity contribution in [1.29, 1.82) is 0 Å². The second-order valence-electron chi connectivity index (χ2n) is 4.13. The molecular formula is C15H14N2. The van der Waals surface area contributed by atoms with Crippen molar-refractivity contribution < 1.29 is 0 Å². The lowest BCUT2D eigenvalue weighted by molar-refractivity contribution is 1.08. The molecule has 2 aromatic carbocycles. The van der Waals surface area contributed by atoms with Gasteiger partial charge < -0.3 is 10.6 Å². The van der Waals surface area contributed by atoms with Crippen molar-refractivity contribution in [3.05, 3.63) is 60.2 Å². The Morgan fingerprint density at radius 1 is 0.941 bits per heavy atom. The van der Waals surface area contributed by atoms with Crippen molar-refractivity contribution in [2.24, 2.45) is 0 Å². The molecule has 0 spiro atoms. The zero-order valence-electron chi connectivity index (χ0n) is 9.51. The summed E-state index contributed by atoms with van der Waals surface area (Å²) in [5, 5.41) is 0. The van der Waals surface area contributed by atoms with Gasteiger partial charge in [0.25, 0.3) is 0 Å². The van der Waals surface area contributed by atoms with E-state index in [1.807, 2.05) is 18.2 Å². The molecule has 0 radical (unpaired) electrons. The van der Waals surface area contributed by atoms with Gasteiger partial charge in [0, 0.05) is 23.5 Å². The highest BCUT2D eigenvalue weighted by molar-refractivity contribution is 5.83. The van der Waals surface area contributed by atoms with Gasteiger partial charge in [0.2, 0.25) is 0 Å². The highest BCUT2D eigenvalue weighted by atomic mass is 15.1. The van der Waals surface area contributed by atoms with Crippen LogP contribution in [0, 0.1) is 0 Å². The van der Waals surface area contributed by atoms with E-state index in [1.165, 1.54) is 11.4 Å². The van der Waals surface area contributed by atoms with Crippen molar-refractivity contribution in [1.82, 2.24) is 0 Å². The summed E-state index contributed by atoms with van der Waals surface area (Å²) in [4.78, 5) is 2.27. The molecule has 3 rings (SSSR count). The minimum atomic E-state index is 0.833. The van der Waals surface area contributed by atoms with E-state index < -0.39 is 0 Å². The average molecular weight is 222 g/mol. The minimum absolute atomic E-state index is 0.833. The molecule has 0 bridgehead atoms. The van der Waals surface area contributed by atoms with E-state index in [0.717, 1.165) is 17.8 Å². The third-order valence-corrected chi connectivity index (χ3v) is 3.05. The quantitative estimate of drug-likeness (QED) is 0.749. The zero-order chi connectivity index (χ0) is 11.7. The van der Waals surface area contributed by atoms with Crippen LogP contribution in [0.4, 0.5) is 17.1 Å². The molecule has 84 valence electrons. The van der Waals surface area contributed by atoms with Gasteiger partial charge in [-0.15, -0.1) is 0 Å². The van der Waals surface area contributed by atoms with E-state index in [1.54, 1.807) is 0 Å². The molecule has 0 fully saturated rings. The zero-order valence-corrected chi connectivity index (χ0v) is 9.51. The summed E-state index contributed by atoms with van der Waals surface area (Å²) in [7, 11) is 0. The lowest BCUT2D eigenvalue weighted by Crippen LogP contribution is -2.20. The van der Waals surface area contributed by atoms with Gasteiger partial charge >= 0.3 is 0 Å². The number of anilines is 3. The number of nitrogens with two attached hydrogens (primary N) is 1. The Balaban J connectivity index is 2.12. The molecule has 0 aliphatic carbocycles. The first kappa shape index (κ1) is 9.97. The fourth-order valence-electron chi connectivity index (χ4n) is 2.21. The fraction of sp³-hybridized carbons (Fsp3) is 0.0667. The van der Waals surface area contributed by atoms with Crippen molar-refractivity contribution >= 4 is 23.1 Å². The van der Waals surface area contributed by atoms with Crippen LogP contribution in [0.15, 0.2) is 54.6 Å².